The van der Waals surface area contributed by atoms with E-state index in [1.807, 2.05) is 23.1 Å². The van der Waals surface area contributed by atoms with Crippen molar-refractivity contribution in [1.29, 1.82) is 0 Å². The summed E-state index contributed by atoms with van der Waals surface area (Å²) in [5.74, 6) is 1.61. The first-order valence-electron chi connectivity index (χ1n) is 9.27. The van der Waals surface area contributed by atoms with Crippen molar-refractivity contribution < 1.29 is 4.79 Å². The summed E-state index contributed by atoms with van der Waals surface area (Å²) in [4.78, 5) is 15.0. The summed E-state index contributed by atoms with van der Waals surface area (Å²) in [5.41, 5.74) is 1.17. The molecule has 0 saturated heterocycles. The van der Waals surface area contributed by atoms with E-state index >= 15 is 0 Å². The molecule has 3 rings (SSSR count). The molecule has 1 amide bonds. The first-order valence-corrected chi connectivity index (χ1v) is 10.3. The monoisotopic (exact) mass is 373 g/mol. The van der Waals surface area contributed by atoms with Gasteiger partial charge in [-0.1, -0.05) is 55.9 Å². The number of nitrogens with zero attached hydrogens (tertiary/aromatic N) is 5. The molecule has 1 aliphatic carbocycles. The number of tetrazole rings is 1. The van der Waals surface area contributed by atoms with Gasteiger partial charge in [0.1, 0.15) is 0 Å². The van der Waals surface area contributed by atoms with Crippen LogP contribution in [0.1, 0.15) is 39.2 Å². The Hall–Kier alpha value is -1.89. The Bertz CT molecular complexity index is 714. The molecule has 0 aliphatic heterocycles. The predicted molar refractivity (Wildman–Crippen MR) is 103 cm³/mol. The topological polar surface area (TPSA) is 63.9 Å². The zero-order chi connectivity index (χ0) is 18.5. The maximum Gasteiger partial charge on any atom is 0.233 e. The molecule has 26 heavy (non-hydrogen) atoms. The average molecular weight is 374 g/mol. The van der Waals surface area contributed by atoms with Gasteiger partial charge in [0.2, 0.25) is 11.1 Å². The summed E-state index contributed by atoms with van der Waals surface area (Å²) < 4.78 is 1.79. The summed E-state index contributed by atoms with van der Waals surface area (Å²) in [5, 5.41) is 12.6. The summed E-state index contributed by atoms with van der Waals surface area (Å²) in [7, 11) is 0. The lowest BCUT2D eigenvalue weighted by Crippen LogP contribution is -2.40. The highest BCUT2D eigenvalue weighted by Gasteiger charge is 2.34. The lowest BCUT2D eigenvalue weighted by Gasteiger charge is -2.29. The van der Waals surface area contributed by atoms with Crippen LogP contribution >= 0.6 is 11.8 Å². The fourth-order valence-electron chi connectivity index (χ4n) is 3.04. The van der Waals surface area contributed by atoms with Gasteiger partial charge >= 0.3 is 0 Å². The summed E-state index contributed by atoms with van der Waals surface area (Å²) in [6.45, 7) is 7.84. The molecule has 0 radical (unpaired) electrons. The fraction of sp³-hybridized carbons (Fsp3) is 0.579. The number of thioether (sulfide) groups is 1. The Morgan fingerprint density at radius 1 is 1.27 bits per heavy atom. The molecule has 1 atom stereocenters. The first-order chi connectivity index (χ1) is 12.5. The number of carbonyl (C=O) groups is 1. The molecule has 1 aliphatic rings. The van der Waals surface area contributed by atoms with Crippen molar-refractivity contribution in [3.63, 3.8) is 0 Å². The van der Waals surface area contributed by atoms with E-state index in [0.29, 0.717) is 29.3 Å². The van der Waals surface area contributed by atoms with Gasteiger partial charge in [-0.2, -0.15) is 0 Å². The molecular formula is C19H27N5OS. The molecule has 0 N–H and O–H groups in total. The minimum atomic E-state index is 0.150. The zero-order valence-corrected chi connectivity index (χ0v) is 16.5. The van der Waals surface area contributed by atoms with Crippen LogP contribution in [-0.4, -0.2) is 42.8 Å². The van der Waals surface area contributed by atoms with Gasteiger partial charge in [0, 0.05) is 19.1 Å². The van der Waals surface area contributed by atoms with Gasteiger partial charge in [-0.15, -0.1) is 5.10 Å². The smallest absolute Gasteiger partial charge is 0.233 e. The standard InChI is InChI=1S/C19H27N5OS/c1-14(2)11-24-19(20-21-22-24)26-13-18(25)23(15(3)17-9-10-17)12-16-7-5-4-6-8-16/h4-8,14-15,17H,9-13H2,1-3H3. The Kier molecular flexibility index (Phi) is 6.29. The molecule has 1 unspecified atom stereocenters. The third-order valence-electron chi connectivity index (χ3n) is 4.67. The summed E-state index contributed by atoms with van der Waals surface area (Å²) >= 11 is 1.43. The van der Waals surface area contributed by atoms with Gasteiger partial charge in [-0.3, -0.25) is 4.79 Å². The van der Waals surface area contributed by atoms with Gasteiger partial charge in [-0.05, 0) is 47.6 Å². The van der Waals surface area contributed by atoms with Crippen LogP contribution in [0.4, 0.5) is 0 Å². The van der Waals surface area contributed by atoms with Crippen molar-refractivity contribution in [2.75, 3.05) is 5.75 Å². The highest BCUT2D eigenvalue weighted by atomic mass is 32.2. The van der Waals surface area contributed by atoms with E-state index in [2.05, 4.69) is 48.4 Å². The maximum atomic E-state index is 13.0. The van der Waals surface area contributed by atoms with Crippen LogP contribution in [0, 0.1) is 11.8 Å². The Morgan fingerprint density at radius 3 is 2.65 bits per heavy atom. The van der Waals surface area contributed by atoms with Crippen LogP contribution in [-0.2, 0) is 17.9 Å². The van der Waals surface area contributed by atoms with Crippen LogP contribution in [0.5, 0.6) is 0 Å². The summed E-state index contributed by atoms with van der Waals surface area (Å²) in [6.07, 6.45) is 2.44. The van der Waals surface area contributed by atoms with Crippen molar-refractivity contribution in [2.45, 2.75) is 57.9 Å². The maximum absolute atomic E-state index is 13.0. The molecule has 1 fully saturated rings. The van der Waals surface area contributed by atoms with Gasteiger partial charge in [-0.25, -0.2) is 4.68 Å². The van der Waals surface area contributed by atoms with E-state index < -0.39 is 0 Å². The summed E-state index contributed by atoms with van der Waals surface area (Å²) in [6, 6.07) is 10.5. The number of hydrogen-bond acceptors (Lipinski definition) is 5. The lowest BCUT2D eigenvalue weighted by atomic mass is 10.1. The zero-order valence-electron chi connectivity index (χ0n) is 15.7. The van der Waals surface area contributed by atoms with Crippen LogP contribution in [0.2, 0.25) is 0 Å². The van der Waals surface area contributed by atoms with E-state index in [0.717, 1.165) is 6.54 Å². The SMILES string of the molecule is CC(C)Cn1nnnc1SCC(=O)N(Cc1ccccc1)C(C)C1CC1. The normalized spacial score (nSPS) is 15.2. The second-order valence-corrected chi connectivity index (χ2v) is 8.35. The quantitative estimate of drug-likeness (QED) is 0.631. The third kappa shape index (κ3) is 5.06. The van der Waals surface area contributed by atoms with Crippen LogP contribution < -0.4 is 0 Å². The first kappa shape index (κ1) is 18.9. The Labute approximate surface area is 159 Å². The molecule has 1 aromatic carbocycles. The van der Waals surface area contributed by atoms with Crippen LogP contribution in [0.15, 0.2) is 35.5 Å². The molecule has 6 nitrogen and oxygen atoms in total. The Balaban J connectivity index is 1.64. The Morgan fingerprint density at radius 2 is 2.00 bits per heavy atom. The molecule has 0 spiro atoms. The predicted octanol–water partition coefficient (Wildman–Crippen LogP) is 3.25. The molecule has 0 bridgehead atoms. The lowest BCUT2D eigenvalue weighted by molar-refractivity contribution is -0.131. The van der Waals surface area contributed by atoms with Crippen LogP contribution in [0.3, 0.4) is 0 Å². The number of hydrogen-bond donors (Lipinski definition) is 0. The van der Waals surface area contributed by atoms with Crippen molar-refractivity contribution in [2.24, 2.45) is 11.8 Å². The van der Waals surface area contributed by atoms with Crippen molar-refractivity contribution in [3.05, 3.63) is 35.9 Å². The van der Waals surface area contributed by atoms with Gasteiger partial charge < -0.3 is 4.90 Å². The molecular weight excluding hydrogens is 346 g/mol. The highest BCUT2D eigenvalue weighted by molar-refractivity contribution is 7.99. The fourth-order valence-corrected chi connectivity index (χ4v) is 3.81. The van der Waals surface area contributed by atoms with E-state index in [9.17, 15) is 4.79 Å². The van der Waals surface area contributed by atoms with Gasteiger partial charge in [0.25, 0.3) is 0 Å². The average Bonchev–Trinajstić information content (AvgIpc) is 3.39. The second-order valence-electron chi connectivity index (χ2n) is 7.41. The van der Waals surface area contributed by atoms with E-state index in [1.54, 1.807) is 4.68 Å². The minimum absolute atomic E-state index is 0.150. The number of amides is 1. The largest absolute Gasteiger partial charge is 0.335 e. The van der Waals surface area contributed by atoms with Crippen LogP contribution in [0.25, 0.3) is 0 Å². The third-order valence-corrected chi connectivity index (χ3v) is 5.62. The number of aromatic nitrogens is 4. The van der Waals surface area contributed by atoms with Crippen molar-refractivity contribution >= 4 is 17.7 Å². The molecule has 1 heterocycles. The molecule has 1 saturated carbocycles. The van der Waals surface area contributed by atoms with Gasteiger partial charge in [0.05, 0.1) is 5.75 Å². The van der Waals surface area contributed by atoms with E-state index in [1.165, 1.54) is 30.2 Å². The molecule has 140 valence electrons. The molecule has 2 aromatic rings. The van der Waals surface area contributed by atoms with E-state index in [4.69, 9.17) is 0 Å². The minimum Gasteiger partial charge on any atom is -0.335 e. The number of benzene rings is 1. The van der Waals surface area contributed by atoms with Crippen molar-refractivity contribution in [3.8, 4) is 0 Å². The van der Waals surface area contributed by atoms with E-state index in [-0.39, 0.29) is 11.9 Å². The molecule has 7 heteroatoms. The van der Waals surface area contributed by atoms with Gasteiger partial charge in [0.15, 0.2) is 0 Å². The number of carbonyl (C=O) groups excluding carboxylic acids is 1. The van der Waals surface area contributed by atoms with Crippen molar-refractivity contribution in [1.82, 2.24) is 25.1 Å². The molecule has 1 aromatic heterocycles. The highest BCUT2D eigenvalue weighted by Crippen LogP contribution is 2.36. The second kappa shape index (κ2) is 8.66. The number of rotatable bonds is 9.